The highest BCUT2D eigenvalue weighted by Gasteiger charge is 2.55. The number of carbonyl (C=O) groups excluding carboxylic acids is 1. The molecule has 0 bridgehead atoms. The summed E-state index contributed by atoms with van der Waals surface area (Å²) in [5.74, 6) is -1.56. The number of amides is 1. The number of carbonyl (C=O) groups is 1. The average molecular weight is 350 g/mol. The number of nitrogens with one attached hydrogen (secondary N) is 1. The standard InChI is InChI=1S/C16H13F3N4O2/c1-15(25,16(17,18)19)14(24)20-10-6-8-11(9-7-10)23-13-5-3-2-4-12(13)21-22-23/h2-9,25H,1H3,(H,20,24). The molecule has 1 heterocycles. The molecule has 130 valence electrons. The number of fused-ring (bicyclic) bond motifs is 1. The third-order valence-electron chi connectivity index (χ3n) is 3.72. The first-order chi connectivity index (χ1) is 11.7. The minimum Gasteiger partial charge on any atom is -0.373 e. The minimum atomic E-state index is -5.07. The topological polar surface area (TPSA) is 80.0 Å². The van der Waals surface area contributed by atoms with Crippen molar-refractivity contribution in [3.63, 3.8) is 0 Å². The third kappa shape index (κ3) is 3.05. The quantitative estimate of drug-likeness (QED) is 0.761. The van der Waals surface area contributed by atoms with Crippen LogP contribution in [0.2, 0.25) is 0 Å². The zero-order valence-corrected chi connectivity index (χ0v) is 12.9. The third-order valence-corrected chi connectivity index (χ3v) is 3.72. The van der Waals surface area contributed by atoms with E-state index in [1.165, 1.54) is 12.1 Å². The number of aliphatic hydroxyl groups is 1. The molecule has 1 unspecified atom stereocenters. The Morgan fingerprint density at radius 2 is 1.76 bits per heavy atom. The number of hydrogen-bond acceptors (Lipinski definition) is 4. The average Bonchev–Trinajstić information content (AvgIpc) is 2.98. The monoisotopic (exact) mass is 350 g/mol. The number of rotatable bonds is 3. The molecule has 2 aromatic carbocycles. The Balaban J connectivity index is 1.83. The number of alkyl halides is 3. The summed E-state index contributed by atoms with van der Waals surface area (Å²) in [4.78, 5) is 11.7. The molecule has 0 saturated heterocycles. The fourth-order valence-corrected chi connectivity index (χ4v) is 2.13. The van der Waals surface area contributed by atoms with Gasteiger partial charge in [-0.2, -0.15) is 13.2 Å². The maximum atomic E-state index is 12.7. The molecule has 0 aliphatic carbocycles. The molecule has 3 aromatic rings. The first-order valence-corrected chi connectivity index (χ1v) is 7.21. The molecule has 9 heteroatoms. The van der Waals surface area contributed by atoms with Crippen molar-refractivity contribution in [2.75, 3.05) is 5.32 Å². The lowest BCUT2D eigenvalue weighted by molar-refractivity contribution is -0.242. The van der Waals surface area contributed by atoms with Crippen molar-refractivity contribution in [1.29, 1.82) is 0 Å². The molecule has 1 aromatic heterocycles. The molecule has 6 nitrogen and oxygen atoms in total. The first-order valence-electron chi connectivity index (χ1n) is 7.21. The number of aromatic nitrogens is 3. The molecular weight excluding hydrogens is 337 g/mol. The van der Waals surface area contributed by atoms with Gasteiger partial charge < -0.3 is 10.4 Å². The number of benzene rings is 2. The van der Waals surface area contributed by atoms with Gasteiger partial charge in [-0.05, 0) is 43.3 Å². The fraction of sp³-hybridized carbons (Fsp3) is 0.188. The van der Waals surface area contributed by atoms with Crippen molar-refractivity contribution in [1.82, 2.24) is 15.0 Å². The van der Waals surface area contributed by atoms with Crippen molar-refractivity contribution in [3.05, 3.63) is 48.5 Å². The van der Waals surface area contributed by atoms with Crippen LogP contribution < -0.4 is 5.32 Å². The van der Waals surface area contributed by atoms with Gasteiger partial charge in [0.1, 0.15) is 5.52 Å². The highest BCUT2D eigenvalue weighted by molar-refractivity contribution is 5.97. The lowest BCUT2D eigenvalue weighted by Gasteiger charge is -2.24. The lowest BCUT2D eigenvalue weighted by atomic mass is 10.1. The van der Waals surface area contributed by atoms with E-state index in [1.807, 2.05) is 23.5 Å². The number of para-hydroxylation sites is 1. The van der Waals surface area contributed by atoms with E-state index in [2.05, 4.69) is 10.3 Å². The molecule has 1 amide bonds. The van der Waals surface area contributed by atoms with Crippen molar-refractivity contribution in [2.24, 2.45) is 0 Å². The van der Waals surface area contributed by atoms with Gasteiger partial charge in [0, 0.05) is 5.69 Å². The van der Waals surface area contributed by atoms with Gasteiger partial charge in [0.2, 0.25) is 5.60 Å². The van der Waals surface area contributed by atoms with Gasteiger partial charge in [-0.1, -0.05) is 17.3 Å². The predicted octanol–water partition coefficient (Wildman–Crippen LogP) is 2.67. The maximum absolute atomic E-state index is 12.7. The Bertz CT molecular complexity index is 917. The summed E-state index contributed by atoms with van der Waals surface area (Å²) < 4.78 is 39.5. The van der Waals surface area contributed by atoms with Crippen molar-refractivity contribution >= 4 is 22.6 Å². The zero-order chi connectivity index (χ0) is 18.2. The highest BCUT2D eigenvalue weighted by atomic mass is 19.4. The van der Waals surface area contributed by atoms with Crippen LogP contribution in [0.4, 0.5) is 18.9 Å². The molecule has 1 atom stereocenters. The van der Waals surface area contributed by atoms with Crippen LogP contribution in [0.3, 0.4) is 0 Å². The van der Waals surface area contributed by atoms with Gasteiger partial charge in [-0.15, -0.1) is 5.10 Å². The van der Waals surface area contributed by atoms with E-state index >= 15 is 0 Å². The van der Waals surface area contributed by atoms with Crippen LogP contribution in [-0.2, 0) is 4.79 Å². The summed E-state index contributed by atoms with van der Waals surface area (Å²) in [5, 5.41) is 19.4. The van der Waals surface area contributed by atoms with Crippen LogP contribution in [0.15, 0.2) is 48.5 Å². The number of nitrogens with zero attached hydrogens (tertiary/aromatic N) is 3. The molecule has 0 fully saturated rings. The molecule has 3 rings (SSSR count). The Hall–Kier alpha value is -2.94. The summed E-state index contributed by atoms with van der Waals surface area (Å²) in [5.41, 5.74) is -1.29. The summed E-state index contributed by atoms with van der Waals surface area (Å²) >= 11 is 0. The number of hydrogen-bond donors (Lipinski definition) is 2. The molecule has 25 heavy (non-hydrogen) atoms. The summed E-state index contributed by atoms with van der Waals surface area (Å²) in [6.07, 6.45) is -5.07. The molecule has 0 spiro atoms. The predicted molar refractivity (Wildman–Crippen MR) is 84.2 cm³/mol. The second-order valence-corrected chi connectivity index (χ2v) is 5.56. The number of halogens is 3. The molecule has 0 aliphatic rings. The molecule has 0 aliphatic heterocycles. The second-order valence-electron chi connectivity index (χ2n) is 5.56. The van der Waals surface area contributed by atoms with Crippen molar-refractivity contribution < 1.29 is 23.1 Å². The summed E-state index contributed by atoms with van der Waals surface area (Å²) in [6.45, 7) is 0.401. The van der Waals surface area contributed by atoms with Gasteiger partial charge in [-0.3, -0.25) is 4.79 Å². The van der Waals surface area contributed by atoms with Crippen LogP contribution in [0.5, 0.6) is 0 Å². The smallest absolute Gasteiger partial charge is 0.373 e. The lowest BCUT2D eigenvalue weighted by Crippen LogP contribution is -2.52. The Morgan fingerprint density at radius 1 is 1.12 bits per heavy atom. The normalized spacial score (nSPS) is 14.3. The van der Waals surface area contributed by atoms with Crippen LogP contribution in [-0.4, -0.2) is 37.8 Å². The number of anilines is 1. The molecule has 0 saturated carbocycles. The van der Waals surface area contributed by atoms with Crippen LogP contribution >= 0.6 is 0 Å². The Labute approximate surface area is 139 Å². The minimum absolute atomic E-state index is 0.114. The largest absolute Gasteiger partial charge is 0.426 e. The summed E-state index contributed by atoms with van der Waals surface area (Å²) in [6, 6.07) is 13.2. The van der Waals surface area contributed by atoms with Crippen LogP contribution in [0, 0.1) is 0 Å². The Kier molecular flexibility index (Phi) is 3.96. The fourth-order valence-electron chi connectivity index (χ4n) is 2.13. The van der Waals surface area contributed by atoms with Gasteiger partial charge in [0.05, 0.1) is 11.2 Å². The van der Waals surface area contributed by atoms with Crippen LogP contribution in [0.1, 0.15) is 6.92 Å². The van der Waals surface area contributed by atoms with Crippen molar-refractivity contribution in [2.45, 2.75) is 18.7 Å². The highest BCUT2D eigenvalue weighted by Crippen LogP contribution is 2.31. The van der Waals surface area contributed by atoms with Crippen molar-refractivity contribution in [3.8, 4) is 5.69 Å². The molecule has 2 N–H and O–H groups in total. The summed E-state index contributed by atoms with van der Waals surface area (Å²) in [7, 11) is 0. The van der Waals surface area contributed by atoms with E-state index in [9.17, 15) is 23.1 Å². The zero-order valence-electron chi connectivity index (χ0n) is 12.9. The van der Waals surface area contributed by atoms with E-state index in [0.717, 1.165) is 5.52 Å². The maximum Gasteiger partial charge on any atom is 0.426 e. The van der Waals surface area contributed by atoms with E-state index < -0.39 is 17.7 Å². The van der Waals surface area contributed by atoms with E-state index in [1.54, 1.807) is 22.9 Å². The SMILES string of the molecule is CC(O)(C(=O)Nc1ccc(-n2nnc3ccccc32)cc1)C(F)(F)F. The van der Waals surface area contributed by atoms with E-state index in [-0.39, 0.29) is 5.69 Å². The van der Waals surface area contributed by atoms with Gasteiger partial charge in [-0.25, -0.2) is 4.68 Å². The van der Waals surface area contributed by atoms with Gasteiger partial charge in [0.15, 0.2) is 0 Å². The van der Waals surface area contributed by atoms with Gasteiger partial charge >= 0.3 is 6.18 Å². The van der Waals surface area contributed by atoms with Gasteiger partial charge in [0.25, 0.3) is 5.91 Å². The molecule has 0 radical (unpaired) electrons. The molecular formula is C16H13F3N4O2. The van der Waals surface area contributed by atoms with E-state index in [4.69, 9.17) is 0 Å². The Morgan fingerprint density at radius 3 is 2.40 bits per heavy atom. The first kappa shape index (κ1) is 16.9. The second kappa shape index (κ2) is 5.85. The van der Waals surface area contributed by atoms with E-state index in [0.29, 0.717) is 18.1 Å². The van der Waals surface area contributed by atoms with Crippen LogP contribution in [0.25, 0.3) is 16.7 Å².